The molecule has 1 amide bonds. The second-order valence-corrected chi connectivity index (χ2v) is 6.22. The summed E-state index contributed by atoms with van der Waals surface area (Å²) in [4.78, 5) is 14.4. The molecule has 0 aliphatic heterocycles. The molecule has 110 valence electrons. The zero-order chi connectivity index (χ0) is 15.6. The van der Waals surface area contributed by atoms with E-state index in [1.807, 2.05) is 69.2 Å². The van der Waals surface area contributed by atoms with Crippen molar-refractivity contribution in [3.63, 3.8) is 0 Å². The van der Waals surface area contributed by atoms with E-state index in [0.717, 1.165) is 27.0 Å². The molecule has 2 aromatic carbocycles. The van der Waals surface area contributed by atoms with Crippen LogP contribution in [0.3, 0.4) is 0 Å². The van der Waals surface area contributed by atoms with Crippen LogP contribution < -0.4 is 10.2 Å². The third-order valence-electron chi connectivity index (χ3n) is 3.38. The molecule has 0 aliphatic rings. The molecular formula is C17H19BrN2O. The Kier molecular flexibility index (Phi) is 4.68. The van der Waals surface area contributed by atoms with E-state index in [1.54, 1.807) is 0 Å². The molecule has 0 heterocycles. The molecule has 4 heteroatoms. The first-order valence-corrected chi connectivity index (χ1v) is 7.53. The normalized spacial score (nSPS) is 10.3. The summed E-state index contributed by atoms with van der Waals surface area (Å²) in [6, 6.07) is 11.5. The number of anilines is 2. The summed E-state index contributed by atoms with van der Waals surface area (Å²) in [5.41, 5.74) is 4.73. The summed E-state index contributed by atoms with van der Waals surface area (Å²) in [6.07, 6.45) is 0. The fraction of sp³-hybridized carbons (Fsp3) is 0.235. The molecule has 0 unspecified atom stereocenters. The van der Waals surface area contributed by atoms with Crippen LogP contribution in [0.4, 0.5) is 11.4 Å². The first-order chi connectivity index (χ1) is 9.88. The van der Waals surface area contributed by atoms with Crippen molar-refractivity contribution in [3.8, 4) is 0 Å². The number of amides is 1. The van der Waals surface area contributed by atoms with Crippen LogP contribution in [0.25, 0.3) is 0 Å². The summed E-state index contributed by atoms with van der Waals surface area (Å²) >= 11 is 3.42. The molecule has 1 N–H and O–H groups in total. The minimum absolute atomic E-state index is 0.0890. The van der Waals surface area contributed by atoms with Crippen molar-refractivity contribution in [2.24, 2.45) is 0 Å². The van der Waals surface area contributed by atoms with Gasteiger partial charge in [0.15, 0.2) is 0 Å². The lowest BCUT2D eigenvalue weighted by atomic mass is 10.1. The zero-order valence-electron chi connectivity index (χ0n) is 12.7. The van der Waals surface area contributed by atoms with Crippen molar-refractivity contribution in [1.29, 1.82) is 0 Å². The van der Waals surface area contributed by atoms with E-state index in [4.69, 9.17) is 0 Å². The highest BCUT2D eigenvalue weighted by Crippen LogP contribution is 2.22. The molecule has 3 nitrogen and oxygen atoms in total. The van der Waals surface area contributed by atoms with Gasteiger partial charge in [-0.15, -0.1) is 0 Å². The first-order valence-electron chi connectivity index (χ1n) is 6.74. The number of aryl methyl sites for hydroxylation is 2. The number of hydrogen-bond acceptors (Lipinski definition) is 2. The Bertz CT molecular complexity index is 680. The van der Waals surface area contributed by atoms with Crippen molar-refractivity contribution in [3.05, 3.63) is 57.6 Å². The van der Waals surface area contributed by atoms with E-state index >= 15 is 0 Å². The van der Waals surface area contributed by atoms with E-state index in [-0.39, 0.29) is 5.91 Å². The molecule has 0 aromatic heterocycles. The molecule has 0 saturated heterocycles. The Balaban J connectivity index is 2.22. The predicted molar refractivity (Wildman–Crippen MR) is 92.3 cm³/mol. The number of hydrogen-bond donors (Lipinski definition) is 1. The number of benzene rings is 2. The van der Waals surface area contributed by atoms with Crippen LogP contribution in [0.1, 0.15) is 21.5 Å². The van der Waals surface area contributed by atoms with Gasteiger partial charge >= 0.3 is 0 Å². The molecule has 0 radical (unpaired) electrons. The van der Waals surface area contributed by atoms with E-state index in [0.29, 0.717) is 5.56 Å². The lowest BCUT2D eigenvalue weighted by Gasteiger charge is -2.16. The Morgan fingerprint density at radius 1 is 1.05 bits per heavy atom. The number of carbonyl (C=O) groups is 1. The smallest absolute Gasteiger partial charge is 0.255 e. The van der Waals surface area contributed by atoms with Crippen molar-refractivity contribution in [2.45, 2.75) is 13.8 Å². The zero-order valence-corrected chi connectivity index (χ0v) is 14.3. The third-order valence-corrected chi connectivity index (χ3v) is 3.87. The molecule has 2 rings (SSSR count). The van der Waals surface area contributed by atoms with E-state index in [9.17, 15) is 4.79 Å². The summed E-state index contributed by atoms with van der Waals surface area (Å²) < 4.78 is 1.00. The van der Waals surface area contributed by atoms with Gasteiger partial charge in [-0.25, -0.2) is 0 Å². The standard InChI is InChI=1S/C17H19BrN2O/c1-11-10-14(18)6-7-15(11)19-17(21)13-5-8-16(20(3)4)12(2)9-13/h5-10H,1-4H3,(H,19,21). The van der Waals surface area contributed by atoms with Gasteiger partial charge in [0.25, 0.3) is 5.91 Å². The fourth-order valence-corrected chi connectivity index (χ4v) is 2.74. The van der Waals surface area contributed by atoms with Gasteiger partial charge in [-0.1, -0.05) is 15.9 Å². The lowest BCUT2D eigenvalue weighted by molar-refractivity contribution is 0.102. The molecule has 21 heavy (non-hydrogen) atoms. The van der Waals surface area contributed by atoms with Crippen LogP contribution in [0.15, 0.2) is 40.9 Å². The number of nitrogens with one attached hydrogen (secondary N) is 1. The van der Waals surface area contributed by atoms with Crippen LogP contribution in [0, 0.1) is 13.8 Å². The monoisotopic (exact) mass is 346 g/mol. The van der Waals surface area contributed by atoms with Crippen molar-refractivity contribution < 1.29 is 4.79 Å². The van der Waals surface area contributed by atoms with E-state index < -0.39 is 0 Å². The van der Waals surface area contributed by atoms with Crippen LogP contribution in [0.2, 0.25) is 0 Å². The summed E-state index contributed by atoms with van der Waals surface area (Å²) in [5, 5.41) is 2.96. The molecule has 0 atom stereocenters. The largest absolute Gasteiger partial charge is 0.377 e. The Morgan fingerprint density at radius 3 is 2.33 bits per heavy atom. The maximum Gasteiger partial charge on any atom is 0.255 e. The van der Waals surface area contributed by atoms with Crippen LogP contribution in [0.5, 0.6) is 0 Å². The Morgan fingerprint density at radius 2 is 1.76 bits per heavy atom. The molecular weight excluding hydrogens is 328 g/mol. The molecule has 0 fully saturated rings. The van der Waals surface area contributed by atoms with E-state index in [2.05, 4.69) is 21.2 Å². The number of rotatable bonds is 3. The second-order valence-electron chi connectivity index (χ2n) is 5.31. The van der Waals surface area contributed by atoms with Gasteiger partial charge in [-0.2, -0.15) is 0 Å². The average Bonchev–Trinajstić information content (AvgIpc) is 2.41. The Labute approximate surface area is 134 Å². The van der Waals surface area contributed by atoms with Gasteiger partial charge in [-0.3, -0.25) is 4.79 Å². The SMILES string of the molecule is Cc1cc(Br)ccc1NC(=O)c1ccc(N(C)C)c(C)c1. The highest BCUT2D eigenvalue weighted by atomic mass is 79.9. The minimum Gasteiger partial charge on any atom is -0.377 e. The maximum absolute atomic E-state index is 12.3. The molecule has 0 aliphatic carbocycles. The lowest BCUT2D eigenvalue weighted by Crippen LogP contribution is -2.15. The topological polar surface area (TPSA) is 32.3 Å². The highest BCUT2D eigenvalue weighted by molar-refractivity contribution is 9.10. The number of nitrogens with zero attached hydrogens (tertiary/aromatic N) is 1. The van der Waals surface area contributed by atoms with Crippen LogP contribution in [-0.2, 0) is 0 Å². The maximum atomic E-state index is 12.3. The van der Waals surface area contributed by atoms with E-state index in [1.165, 1.54) is 0 Å². The highest BCUT2D eigenvalue weighted by Gasteiger charge is 2.10. The first kappa shape index (κ1) is 15.6. The van der Waals surface area contributed by atoms with Gasteiger partial charge in [0.1, 0.15) is 0 Å². The minimum atomic E-state index is -0.0890. The second kappa shape index (κ2) is 6.31. The van der Waals surface area contributed by atoms with Gasteiger partial charge < -0.3 is 10.2 Å². The average molecular weight is 347 g/mol. The van der Waals surface area contributed by atoms with Crippen molar-refractivity contribution in [2.75, 3.05) is 24.3 Å². The molecule has 0 spiro atoms. The molecule has 0 saturated carbocycles. The quantitative estimate of drug-likeness (QED) is 0.893. The van der Waals surface area contributed by atoms with Crippen molar-refractivity contribution >= 4 is 33.2 Å². The molecule has 0 bridgehead atoms. The van der Waals surface area contributed by atoms with Gasteiger partial charge in [0, 0.05) is 35.5 Å². The van der Waals surface area contributed by atoms with Gasteiger partial charge in [0.05, 0.1) is 0 Å². The number of carbonyl (C=O) groups excluding carboxylic acids is 1. The van der Waals surface area contributed by atoms with Crippen LogP contribution >= 0.6 is 15.9 Å². The number of halogens is 1. The van der Waals surface area contributed by atoms with Crippen LogP contribution in [-0.4, -0.2) is 20.0 Å². The van der Waals surface area contributed by atoms with Gasteiger partial charge in [-0.05, 0) is 61.4 Å². The Hall–Kier alpha value is -1.81. The summed E-state index contributed by atoms with van der Waals surface area (Å²) in [7, 11) is 3.99. The summed E-state index contributed by atoms with van der Waals surface area (Å²) in [6.45, 7) is 3.98. The fourth-order valence-electron chi connectivity index (χ4n) is 2.26. The molecule has 2 aromatic rings. The summed E-state index contributed by atoms with van der Waals surface area (Å²) in [5.74, 6) is -0.0890. The van der Waals surface area contributed by atoms with Gasteiger partial charge in [0.2, 0.25) is 0 Å². The van der Waals surface area contributed by atoms with Crippen molar-refractivity contribution in [1.82, 2.24) is 0 Å². The third kappa shape index (κ3) is 3.64. The predicted octanol–water partition coefficient (Wildman–Crippen LogP) is 4.38.